The van der Waals surface area contributed by atoms with Gasteiger partial charge >= 0.3 is 0 Å². The summed E-state index contributed by atoms with van der Waals surface area (Å²) in [7, 11) is 0. The molecule has 2 rings (SSSR count). The molecule has 1 aliphatic heterocycles. The van der Waals surface area contributed by atoms with E-state index in [0.29, 0.717) is 25.6 Å². The van der Waals surface area contributed by atoms with E-state index in [2.05, 4.69) is 18.7 Å². The number of aliphatic hydroxyl groups is 1. The molecule has 1 amide bonds. The average Bonchev–Trinajstić information content (AvgIpc) is 2.55. The Labute approximate surface area is 139 Å². The van der Waals surface area contributed by atoms with Crippen LogP contribution in [-0.2, 0) is 4.79 Å². The van der Waals surface area contributed by atoms with E-state index in [0.717, 1.165) is 25.1 Å². The van der Waals surface area contributed by atoms with Crippen LogP contribution in [0.25, 0.3) is 0 Å². The number of amides is 1. The minimum atomic E-state index is -0.485. The molecule has 1 heterocycles. The first kappa shape index (κ1) is 17.9. The van der Waals surface area contributed by atoms with Crippen molar-refractivity contribution in [2.45, 2.75) is 32.4 Å². The molecule has 0 radical (unpaired) electrons. The molecule has 1 aromatic rings. The maximum absolute atomic E-state index is 12.3. The summed E-state index contributed by atoms with van der Waals surface area (Å²) in [4.78, 5) is 16.4. The van der Waals surface area contributed by atoms with Crippen molar-refractivity contribution in [2.75, 3.05) is 32.7 Å². The Kier molecular flexibility index (Phi) is 6.57. The van der Waals surface area contributed by atoms with Crippen molar-refractivity contribution in [3.8, 4) is 0 Å². The summed E-state index contributed by atoms with van der Waals surface area (Å²) in [6.45, 7) is 7.70. The van der Waals surface area contributed by atoms with Crippen LogP contribution in [0.3, 0.4) is 0 Å². The number of hydrogen-bond acceptors (Lipinski definition) is 4. The third-order valence-electron chi connectivity index (χ3n) is 4.34. The second kappa shape index (κ2) is 8.43. The van der Waals surface area contributed by atoms with Crippen LogP contribution in [0.4, 0.5) is 0 Å². The van der Waals surface area contributed by atoms with E-state index < -0.39 is 12.1 Å². The Morgan fingerprint density at radius 2 is 1.78 bits per heavy atom. The van der Waals surface area contributed by atoms with Crippen molar-refractivity contribution in [3.63, 3.8) is 0 Å². The lowest BCUT2D eigenvalue weighted by Gasteiger charge is -2.36. The minimum Gasteiger partial charge on any atom is -0.387 e. The lowest BCUT2D eigenvalue weighted by atomic mass is 10.0. The van der Waals surface area contributed by atoms with Gasteiger partial charge in [-0.1, -0.05) is 44.2 Å². The van der Waals surface area contributed by atoms with Crippen LogP contribution in [0.5, 0.6) is 0 Å². The smallest absolute Gasteiger partial charge is 0.239 e. The molecule has 3 N–H and O–H groups in total. The van der Waals surface area contributed by atoms with Gasteiger partial charge in [-0.2, -0.15) is 0 Å². The lowest BCUT2D eigenvalue weighted by molar-refractivity contribution is -0.134. The molecule has 0 aromatic heterocycles. The number of piperazine rings is 1. The van der Waals surface area contributed by atoms with Crippen LogP contribution < -0.4 is 5.73 Å². The van der Waals surface area contributed by atoms with Gasteiger partial charge in [-0.3, -0.25) is 9.69 Å². The van der Waals surface area contributed by atoms with Crippen molar-refractivity contribution in [3.05, 3.63) is 35.9 Å². The van der Waals surface area contributed by atoms with Gasteiger partial charge in [0.05, 0.1) is 12.1 Å². The van der Waals surface area contributed by atoms with E-state index in [1.807, 2.05) is 35.2 Å². The standard InChI is InChI=1S/C18H29N3O2/c1-14(2)12-16(19)18(23)21-10-8-20(9-11-21)13-17(22)15-6-4-3-5-7-15/h3-7,14,16-17,22H,8-13,19H2,1-2H3/t16-,17?/m0/s1. The van der Waals surface area contributed by atoms with Crippen LogP contribution in [0, 0.1) is 5.92 Å². The quantitative estimate of drug-likeness (QED) is 0.828. The number of β-amino-alcohol motifs (C(OH)–C–C–N with tert-alkyl or cyclic N) is 1. The second-order valence-electron chi connectivity index (χ2n) is 6.79. The van der Waals surface area contributed by atoms with Gasteiger partial charge < -0.3 is 15.7 Å². The topological polar surface area (TPSA) is 69.8 Å². The molecular weight excluding hydrogens is 290 g/mol. The molecule has 1 saturated heterocycles. The SMILES string of the molecule is CC(C)C[C@H](N)C(=O)N1CCN(CC(O)c2ccccc2)CC1. The van der Waals surface area contributed by atoms with E-state index >= 15 is 0 Å². The fraction of sp³-hybridized carbons (Fsp3) is 0.611. The molecule has 0 aliphatic carbocycles. The molecule has 5 nitrogen and oxygen atoms in total. The maximum atomic E-state index is 12.3. The number of nitrogens with two attached hydrogens (primary N) is 1. The number of nitrogens with zero attached hydrogens (tertiary/aromatic N) is 2. The van der Waals surface area contributed by atoms with Crippen LogP contribution in [0.15, 0.2) is 30.3 Å². The number of carbonyl (C=O) groups excluding carboxylic acids is 1. The van der Waals surface area contributed by atoms with Gasteiger partial charge in [0.15, 0.2) is 0 Å². The third-order valence-corrected chi connectivity index (χ3v) is 4.34. The molecule has 128 valence electrons. The van der Waals surface area contributed by atoms with Gasteiger partial charge in [0, 0.05) is 32.7 Å². The van der Waals surface area contributed by atoms with E-state index in [4.69, 9.17) is 5.73 Å². The summed E-state index contributed by atoms with van der Waals surface area (Å²) in [5, 5.41) is 10.3. The Balaban J connectivity index is 1.78. The molecule has 1 unspecified atom stereocenters. The molecule has 0 saturated carbocycles. The Morgan fingerprint density at radius 3 is 2.35 bits per heavy atom. The Bertz CT molecular complexity index is 484. The van der Waals surface area contributed by atoms with Gasteiger partial charge in [-0.15, -0.1) is 0 Å². The molecule has 23 heavy (non-hydrogen) atoms. The predicted molar refractivity (Wildman–Crippen MR) is 91.9 cm³/mol. The minimum absolute atomic E-state index is 0.0574. The van der Waals surface area contributed by atoms with E-state index in [9.17, 15) is 9.90 Å². The first-order valence-corrected chi connectivity index (χ1v) is 8.47. The molecule has 1 fully saturated rings. The summed E-state index contributed by atoms with van der Waals surface area (Å²) in [5.41, 5.74) is 6.93. The Hall–Kier alpha value is -1.43. The summed E-state index contributed by atoms with van der Waals surface area (Å²) in [6.07, 6.45) is 0.243. The van der Waals surface area contributed by atoms with E-state index in [-0.39, 0.29) is 5.91 Å². The molecule has 2 atom stereocenters. The van der Waals surface area contributed by atoms with Crippen molar-refractivity contribution < 1.29 is 9.90 Å². The average molecular weight is 319 g/mol. The highest BCUT2D eigenvalue weighted by molar-refractivity contribution is 5.81. The fourth-order valence-corrected chi connectivity index (χ4v) is 3.02. The van der Waals surface area contributed by atoms with Gasteiger partial charge in [0.25, 0.3) is 0 Å². The first-order valence-electron chi connectivity index (χ1n) is 8.47. The highest BCUT2D eigenvalue weighted by atomic mass is 16.3. The molecule has 1 aliphatic rings. The summed E-state index contributed by atoms with van der Waals surface area (Å²) in [5.74, 6) is 0.484. The number of benzene rings is 1. The number of aliphatic hydroxyl groups excluding tert-OH is 1. The maximum Gasteiger partial charge on any atom is 0.239 e. The zero-order valence-electron chi connectivity index (χ0n) is 14.2. The van der Waals surface area contributed by atoms with Gasteiger partial charge in [0.2, 0.25) is 5.91 Å². The van der Waals surface area contributed by atoms with Crippen LogP contribution >= 0.6 is 0 Å². The third kappa shape index (κ3) is 5.30. The Morgan fingerprint density at radius 1 is 1.17 bits per heavy atom. The molecule has 0 spiro atoms. The predicted octanol–water partition coefficient (Wildman–Crippen LogP) is 1.24. The van der Waals surface area contributed by atoms with Crippen molar-refractivity contribution in [1.29, 1.82) is 0 Å². The largest absolute Gasteiger partial charge is 0.387 e. The highest BCUT2D eigenvalue weighted by Gasteiger charge is 2.26. The second-order valence-corrected chi connectivity index (χ2v) is 6.79. The molecule has 1 aromatic carbocycles. The number of hydrogen-bond donors (Lipinski definition) is 2. The van der Waals surface area contributed by atoms with Crippen molar-refractivity contribution in [1.82, 2.24) is 9.80 Å². The number of carbonyl (C=O) groups is 1. The normalized spacial score (nSPS) is 18.9. The van der Waals surface area contributed by atoms with E-state index in [1.54, 1.807) is 0 Å². The van der Waals surface area contributed by atoms with Crippen LogP contribution in [-0.4, -0.2) is 59.6 Å². The van der Waals surface area contributed by atoms with Crippen LogP contribution in [0.1, 0.15) is 31.9 Å². The number of rotatable bonds is 6. The van der Waals surface area contributed by atoms with Crippen LogP contribution in [0.2, 0.25) is 0 Å². The fourth-order valence-electron chi connectivity index (χ4n) is 3.02. The summed E-state index contributed by atoms with van der Waals surface area (Å²) < 4.78 is 0. The molecule has 0 bridgehead atoms. The lowest BCUT2D eigenvalue weighted by Crippen LogP contribution is -2.53. The van der Waals surface area contributed by atoms with E-state index in [1.165, 1.54) is 0 Å². The van der Waals surface area contributed by atoms with Gasteiger partial charge in [0.1, 0.15) is 0 Å². The zero-order chi connectivity index (χ0) is 16.8. The first-order chi connectivity index (χ1) is 11.0. The monoisotopic (exact) mass is 319 g/mol. The molecular formula is C18H29N3O2. The van der Waals surface area contributed by atoms with Crippen molar-refractivity contribution >= 4 is 5.91 Å². The van der Waals surface area contributed by atoms with Gasteiger partial charge in [-0.05, 0) is 17.9 Å². The molecule has 5 heteroatoms. The zero-order valence-corrected chi connectivity index (χ0v) is 14.2. The highest BCUT2D eigenvalue weighted by Crippen LogP contribution is 2.15. The summed E-state index contributed by atoms with van der Waals surface area (Å²) in [6, 6.07) is 9.30. The van der Waals surface area contributed by atoms with Gasteiger partial charge in [-0.25, -0.2) is 0 Å². The summed E-state index contributed by atoms with van der Waals surface area (Å²) >= 11 is 0. The van der Waals surface area contributed by atoms with Crippen molar-refractivity contribution in [2.24, 2.45) is 11.7 Å².